The molecule has 0 fully saturated rings. The second-order valence-electron chi connectivity index (χ2n) is 3.93. The summed E-state index contributed by atoms with van der Waals surface area (Å²) < 4.78 is 0. The molecular formula is C10H15NO. The quantitative estimate of drug-likeness (QED) is 0.630. The van der Waals surface area contributed by atoms with E-state index in [-0.39, 0.29) is 17.2 Å². The number of rotatable bonds is 1. The van der Waals surface area contributed by atoms with Crippen LogP contribution in [0.5, 0.6) is 0 Å². The maximum Gasteiger partial charge on any atom is 0.225 e. The van der Waals surface area contributed by atoms with Gasteiger partial charge in [-0.2, -0.15) is 0 Å². The molecule has 0 radical (unpaired) electrons. The van der Waals surface area contributed by atoms with Gasteiger partial charge in [0.25, 0.3) is 0 Å². The number of nitrogens with two attached hydrogens (primary N) is 1. The van der Waals surface area contributed by atoms with E-state index in [0.717, 1.165) is 5.57 Å². The Labute approximate surface area is 73.1 Å². The Kier molecular flexibility index (Phi) is 2.09. The normalized spacial score (nSPS) is 26.6. The molecule has 0 aromatic heterocycles. The zero-order valence-electron chi connectivity index (χ0n) is 7.79. The summed E-state index contributed by atoms with van der Waals surface area (Å²) in [5.74, 6) is -0.388. The molecule has 66 valence electrons. The fourth-order valence-electron chi connectivity index (χ4n) is 1.82. The minimum Gasteiger partial charge on any atom is -0.369 e. The van der Waals surface area contributed by atoms with Gasteiger partial charge in [0.15, 0.2) is 0 Å². The number of primary amides is 1. The second-order valence-corrected chi connectivity index (χ2v) is 3.93. The van der Waals surface area contributed by atoms with Crippen molar-refractivity contribution in [1.29, 1.82) is 0 Å². The molecule has 0 saturated heterocycles. The van der Waals surface area contributed by atoms with Gasteiger partial charge in [0, 0.05) is 0 Å². The van der Waals surface area contributed by atoms with Gasteiger partial charge in [-0.25, -0.2) is 0 Å². The monoisotopic (exact) mass is 165 g/mol. The third kappa shape index (κ3) is 1.42. The largest absolute Gasteiger partial charge is 0.369 e. The van der Waals surface area contributed by atoms with Crippen LogP contribution < -0.4 is 5.73 Å². The minimum atomic E-state index is -0.238. The zero-order valence-corrected chi connectivity index (χ0v) is 7.79. The maximum absolute atomic E-state index is 11.1. The number of carbonyl (C=O) groups is 1. The molecule has 0 aromatic rings. The minimum absolute atomic E-state index is 0.134. The van der Waals surface area contributed by atoms with E-state index >= 15 is 0 Å². The Balaban J connectivity index is 3.03. The molecule has 1 aliphatic carbocycles. The van der Waals surface area contributed by atoms with Gasteiger partial charge in [0.1, 0.15) is 0 Å². The van der Waals surface area contributed by atoms with Crippen LogP contribution in [0.3, 0.4) is 0 Å². The summed E-state index contributed by atoms with van der Waals surface area (Å²) in [5.41, 5.74) is 6.24. The van der Waals surface area contributed by atoms with Crippen molar-refractivity contribution < 1.29 is 4.79 Å². The predicted octanol–water partition coefficient (Wildman–Crippen LogP) is 1.63. The van der Waals surface area contributed by atoms with Gasteiger partial charge < -0.3 is 5.73 Å². The molecule has 0 heterocycles. The van der Waals surface area contributed by atoms with Crippen LogP contribution in [-0.2, 0) is 4.79 Å². The molecule has 2 N–H and O–H groups in total. The highest BCUT2D eigenvalue weighted by molar-refractivity contribution is 5.81. The molecule has 2 heteroatoms. The Bertz CT molecular complexity index is 261. The van der Waals surface area contributed by atoms with Crippen molar-refractivity contribution in [1.82, 2.24) is 0 Å². The van der Waals surface area contributed by atoms with Crippen LogP contribution in [0.15, 0.2) is 23.8 Å². The molecular weight excluding hydrogens is 150 g/mol. The van der Waals surface area contributed by atoms with Gasteiger partial charge in [-0.3, -0.25) is 4.79 Å². The predicted molar refractivity (Wildman–Crippen MR) is 49.4 cm³/mol. The molecule has 1 aliphatic rings. The van der Waals surface area contributed by atoms with Gasteiger partial charge in [0.2, 0.25) is 5.91 Å². The molecule has 1 atom stereocenters. The lowest BCUT2D eigenvalue weighted by atomic mass is 9.72. The molecule has 1 rings (SSSR count). The summed E-state index contributed by atoms with van der Waals surface area (Å²) in [6.45, 7) is 5.99. The number of hydrogen-bond acceptors (Lipinski definition) is 1. The Morgan fingerprint density at radius 2 is 2.17 bits per heavy atom. The van der Waals surface area contributed by atoms with E-state index in [1.807, 2.05) is 39.0 Å². The smallest absolute Gasteiger partial charge is 0.225 e. The van der Waals surface area contributed by atoms with Crippen molar-refractivity contribution in [2.24, 2.45) is 17.1 Å². The number of amides is 1. The van der Waals surface area contributed by atoms with Crippen LogP contribution >= 0.6 is 0 Å². The molecule has 1 amide bonds. The first-order valence-corrected chi connectivity index (χ1v) is 4.10. The summed E-state index contributed by atoms with van der Waals surface area (Å²) in [4.78, 5) is 11.1. The van der Waals surface area contributed by atoms with E-state index in [9.17, 15) is 4.79 Å². The highest BCUT2D eigenvalue weighted by Gasteiger charge is 2.34. The van der Waals surface area contributed by atoms with Gasteiger partial charge >= 0.3 is 0 Å². The Morgan fingerprint density at radius 3 is 2.50 bits per heavy atom. The van der Waals surface area contributed by atoms with Crippen molar-refractivity contribution in [2.75, 3.05) is 0 Å². The third-order valence-electron chi connectivity index (χ3n) is 2.37. The fourth-order valence-corrected chi connectivity index (χ4v) is 1.82. The summed E-state index contributed by atoms with van der Waals surface area (Å²) >= 11 is 0. The Morgan fingerprint density at radius 1 is 1.58 bits per heavy atom. The Hall–Kier alpha value is -1.05. The van der Waals surface area contributed by atoms with E-state index in [1.165, 1.54) is 0 Å². The average molecular weight is 165 g/mol. The van der Waals surface area contributed by atoms with Gasteiger partial charge in [-0.05, 0) is 12.3 Å². The zero-order chi connectivity index (χ0) is 9.35. The van der Waals surface area contributed by atoms with Gasteiger partial charge in [-0.15, -0.1) is 0 Å². The van der Waals surface area contributed by atoms with E-state index in [1.54, 1.807) is 0 Å². The molecule has 0 spiro atoms. The molecule has 0 aromatic carbocycles. The number of allylic oxidation sites excluding steroid dienone is 3. The topological polar surface area (TPSA) is 43.1 Å². The average Bonchev–Trinajstić information content (AvgIpc) is 1.82. The summed E-state index contributed by atoms with van der Waals surface area (Å²) in [5, 5.41) is 0. The van der Waals surface area contributed by atoms with Crippen LogP contribution in [0.2, 0.25) is 0 Å². The number of hydrogen-bond donors (Lipinski definition) is 1. The molecule has 12 heavy (non-hydrogen) atoms. The van der Waals surface area contributed by atoms with Crippen molar-refractivity contribution in [3.63, 3.8) is 0 Å². The van der Waals surface area contributed by atoms with Gasteiger partial charge in [0.05, 0.1) is 5.92 Å². The van der Waals surface area contributed by atoms with E-state index in [0.29, 0.717) is 0 Å². The lowest BCUT2D eigenvalue weighted by Gasteiger charge is -2.32. The van der Waals surface area contributed by atoms with E-state index < -0.39 is 0 Å². The van der Waals surface area contributed by atoms with Crippen LogP contribution in [0.4, 0.5) is 0 Å². The van der Waals surface area contributed by atoms with Crippen molar-refractivity contribution in [3.8, 4) is 0 Å². The summed E-state index contributed by atoms with van der Waals surface area (Å²) in [6, 6.07) is 0. The number of carbonyl (C=O) groups excluding carboxylic acids is 1. The first kappa shape index (κ1) is 9.04. The second kappa shape index (κ2) is 2.77. The standard InChI is InChI=1S/C10H15NO/c1-7-5-4-6-10(2,3)8(7)9(11)12/h4-6,8H,1-3H3,(H2,11,12). The maximum atomic E-state index is 11.1. The van der Waals surface area contributed by atoms with Crippen molar-refractivity contribution >= 4 is 5.91 Å². The summed E-state index contributed by atoms with van der Waals surface area (Å²) in [7, 11) is 0. The SMILES string of the molecule is CC1=CC=CC(C)(C)C1C(N)=O. The van der Waals surface area contributed by atoms with Crippen LogP contribution in [0, 0.1) is 11.3 Å². The lowest BCUT2D eigenvalue weighted by Crippen LogP contribution is -2.36. The third-order valence-corrected chi connectivity index (χ3v) is 2.37. The van der Waals surface area contributed by atoms with E-state index in [4.69, 9.17) is 5.73 Å². The highest BCUT2D eigenvalue weighted by atomic mass is 16.1. The highest BCUT2D eigenvalue weighted by Crippen LogP contribution is 2.36. The molecule has 0 aliphatic heterocycles. The van der Waals surface area contributed by atoms with Crippen molar-refractivity contribution in [3.05, 3.63) is 23.8 Å². The van der Waals surface area contributed by atoms with Crippen LogP contribution in [0.1, 0.15) is 20.8 Å². The summed E-state index contributed by atoms with van der Waals surface area (Å²) in [6.07, 6.45) is 5.95. The molecule has 0 bridgehead atoms. The first-order valence-electron chi connectivity index (χ1n) is 4.10. The first-order chi connectivity index (χ1) is 5.45. The van der Waals surface area contributed by atoms with Crippen LogP contribution in [0.25, 0.3) is 0 Å². The van der Waals surface area contributed by atoms with E-state index in [2.05, 4.69) is 0 Å². The molecule has 0 saturated carbocycles. The lowest BCUT2D eigenvalue weighted by molar-refractivity contribution is -0.122. The molecule has 1 unspecified atom stereocenters. The van der Waals surface area contributed by atoms with Crippen LogP contribution in [-0.4, -0.2) is 5.91 Å². The molecule has 2 nitrogen and oxygen atoms in total. The van der Waals surface area contributed by atoms with Gasteiger partial charge in [-0.1, -0.05) is 37.6 Å². The fraction of sp³-hybridized carbons (Fsp3) is 0.500. The van der Waals surface area contributed by atoms with Crippen molar-refractivity contribution in [2.45, 2.75) is 20.8 Å².